The molecular formula is C21H20F3N5O5. The molecule has 0 bridgehead atoms. The molecule has 10 nitrogen and oxygen atoms in total. The van der Waals surface area contributed by atoms with E-state index in [-0.39, 0.29) is 18.8 Å². The first-order valence-electron chi connectivity index (χ1n) is 10.1. The lowest BCUT2D eigenvalue weighted by molar-refractivity contribution is -0.0521. The molecule has 1 atom stereocenters. The minimum atomic E-state index is -3.19. The fourth-order valence-corrected chi connectivity index (χ4v) is 3.25. The van der Waals surface area contributed by atoms with Crippen molar-refractivity contribution in [3.05, 3.63) is 36.4 Å². The van der Waals surface area contributed by atoms with Crippen LogP contribution in [0.1, 0.15) is 20.8 Å². The van der Waals surface area contributed by atoms with Gasteiger partial charge in [-0.15, -0.1) is 0 Å². The number of nitrogens with zero attached hydrogens (tertiary/aromatic N) is 5. The minimum Gasteiger partial charge on any atom is -0.443 e. The normalized spacial score (nSPS) is 16.3. The van der Waals surface area contributed by atoms with Gasteiger partial charge in [-0.25, -0.2) is 33.5 Å². The summed E-state index contributed by atoms with van der Waals surface area (Å²) in [6.45, 7) is 1.87. The number of imide groups is 1. The standard InChI is InChI=1S/C21H20F3N5O5/c1-21(2,3)34-20(31)28-9-12(32-19(28)30)10-29-17-15(8-26-29)25-7-14(27-17)11-4-5-13(22)16(6-11)33-18(23)24/h4-8,12,18H,9-10H2,1-3H3. The molecule has 1 saturated heterocycles. The Kier molecular flexibility index (Phi) is 6.02. The third-order valence-electron chi connectivity index (χ3n) is 4.65. The summed E-state index contributed by atoms with van der Waals surface area (Å²) in [5.41, 5.74) is 0.503. The summed E-state index contributed by atoms with van der Waals surface area (Å²) in [6, 6.07) is 3.43. The van der Waals surface area contributed by atoms with E-state index in [1.807, 2.05) is 0 Å². The van der Waals surface area contributed by atoms with E-state index in [0.717, 1.165) is 17.0 Å². The van der Waals surface area contributed by atoms with Gasteiger partial charge in [-0.1, -0.05) is 0 Å². The molecule has 3 heterocycles. The topological polar surface area (TPSA) is 109 Å². The van der Waals surface area contributed by atoms with Gasteiger partial charge >= 0.3 is 18.8 Å². The van der Waals surface area contributed by atoms with Crippen LogP contribution in [0.15, 0.2) is 30.6 Å². The molecule has 2 aromatic heterocycles. The van der Waals surface area contributed by atoms with Crippen LogP contribution in [0, 0.1) is 5.82 Å². The molecule has 2 amide bonds. The van der Waals surface area contributed by atoms with Crippen LogP contribution in [0.2, 0.25) is 0 Å². The van der Waals surface area contributed by atoms with Crippen LogP contribution < -0.4 is 4.74 Å². The summed E-state index contributed by atoms with van der Waals surface area (Å²) in [6.07, 6.45) is 0.467. The van der Waals surface area contributed by atoms with Gasteiger partial charge in [-0.3, -0.25) is 0 Å². The van der Waals surface area contributed by atoms with Crippen molar-refractivity contribution in [2.45, 2.75) is 45.6 Å². The van der Waals surface area contributed by atoms with Crippen LogP contribution >= 0.6 is 0 Å². The third kappa shape index (κ3) is 5.02. The zero-order chi connectivity index (χ0) is 24.6. The predicted octanol–water partition coefficient (Wildman–Crippen LogP) is 3.99. The Labute approximate surface area is 191 Å². The molecule has 1 unspecified atom stereocenters. The number of rotatable bonds is 5. The molecule has 0 saturated carbocycles. The lowest BCUT2D eigenvalue weighted by atomic mass is 10.1. The highest BCUT2D eigenvalue weighted by atomic mass is 19.3. The van der Waals surface area contributed by atoms with Crippen molar-refractivity contribution in [2.75, 3.05) is 6.54 Å². The van der Waals surface area contributed by atoms with Gasteiger partial charge in [0.15, 0.2) is 17.2 Å². The van der Waals surface area contributed by atoms with Crippen molar-refractivity contribution in [1.82, 2.24) is 24.6 Å². The van der Waals surface area contributed by atoms with Crippen molar-refractivity contribution in [3.8, 4) is 17.0 Å². The van der Waals surface area contributed by atoms with Crippen molar-refractivity contribution < 1.29 is 37.0 Å². The van der Waals surface area contributed by atoms with Gasteiger partial charge < -0.3 is 14.2 Å². The molecule has 3 aromatic rings. The first-order valence-corrected chi connectivity index (χ1v) is 10.1. The fraction of sp³-hybridized carbons (Fsp3) is 0.381. The summed E-state index contributed by atoms with van der Waals surface area (Å²) in [5, 5.41) is 4.20. The SMILES string of the molecule is CC(C)(C)OC(=O)N1CC(Cn2ncc3ncc(-c4ccc(F)c(OC(F)F)c4)nc32)OC1=O. The van der Waals surface area contributed by atoms with Crippen molar-refractivity contribution in [1.29, 1.82) is 0 Å². The van der Waals surface area contributed by atoms with Gasteiger partial charge in [0.2, 0.25) is 0 Å². The third-order valence-corrected chi connectivity index (χ3v) is 4.65. The molecule has 4 rings (SSSR count). The van der Waals surface area contributed by atoms with E-state index in [4.69, 9.17) is 9.47 Å². The number of carbonyl (C=O) groups is 2. The average Bonchev–Trinajstić information content (AvgIpc) is 3.31. The number of cyclic esters (lactones) is 1. The van der Waals surface area contributed by atoms with Crippen LogP contribution in [0.5, 0.6) is 5.75 Å². The lowest BCUT2D eigenvalue weighted by Gasteiger charge is -2.22. The quantitative estimate of drug-likeness (QED) is 0.541. The van der Waals surface area contributed by atoms with Gasteiger partial charge in [-0.05, 0) is 39.0 Å². The smallest absolute Gasteiger partial charge is 0.419 e. The first kappa shape index (κ1) is 23.3. The van der Waals surface area contributed by atoms with Gasteiger partial charge in [0.1, 0.15) is 17.2 Å². The van der Waals surface area contributed by atoms with Crippen LogP contribution in [-0.4, -0.2) is 61.7 Å². The van der Waals surface area contributed by atoms with E-state index in [1.54, 1.807) is 20.8 Å². The van der Waals surface area contributed by atoms with E-state index in [9.17, 15) is 22.8 Å². The number of aromatic nitrogens is 4. The van der Waals surface area contributed by atoms with E-state index in [1.165, 1.54) is 23.1 Å². The maximum atomic E-state index is 13.8. The Morgan fingerprint density at radius 1 is 1.29 bits per heavy atom. The Bertz CT molecular complexity index is 1240. The van der Waals surface area contributed by atoms with Crippen molar-refractivity contribution >= 4 is 23.4 Å². The van der Waals surface area contributed by atoms with E-state index in [0.29, 0.717) is 16.7 Å². The Morgan fingerprint density at radius 2 is 2.06 bits per heavy atom. The van der Waals surface area contributed by atoms with Gasteiger partial charge in [0.25, 0.3) is 0 Å². The molecule has 180 valence electrons. The molecule has 0 aliphatic carbocycles. The van der Waals surface area contributed by atoms with Gasteiger partial charge in [0.05, 0.1) is 31.2 Å². The van der Waals surface area contributed by atoms with Crippen LogP contribution in [0.25, 0.3) is 22.4 Å². The molecule has 1 fully saturated rings. The summed E-state index contributed by atoms with van der Waals surface area (Å²) in [5.74, 6) is -1.57. The summed E-state index contributed by atoms with van der Waals surface area (Å²) in [7, 11) is 0. The summed E-state index contributed by atoms with van der Waals surface area (Å²) < 4.78 is 54.9. The highest BCUT2D eigenvalue weighted by molar-refractivity contribution is 5.89. The highest BCUT2D eigenvalue weighted by Crippen LogP contribution is 2.27. The zero-order valence-electron chi connectivity index (χ0n) is 18.4. The zero-order valence-corrected chi connectivity index (χ0v) is 18.4. The largest absolute Gasteiger partial charge is 0.443 e. The Morgan fingerprint density at radius 3 is 2.76 bits per heavy atom. The molecule has 0 spiro atoms. The minimum absolute atomic E-state index is 0.0471. The number of amides is 2. The van der Waals surface area contributed by atoms with Crippen LogP contribution in [-0.2, 0) is 16.0 Å². The van der Waals surface area contributed by atoms with Crippen LogP contribution in [0.3, 0.4) is 0 Å². The molecule has 1 aliphatic heterocycles. The number of carbonyl (C=O) groups excluding carboxylic acids is 2. The molecule has 34 heavy (non-hydrogen) atoms. The molecule has 0 N–H and O–H groups in total. The fourth-order valence-electron chi connectivity index (χ4n) is 3.25. The molecule has 1 aromatic carbocycles. The molecule has 1 aliphatic rings. The molecule has 0 radical (unpaired) electrons. The Balaban J connectivity index is 1.55. The predicted molar refractivity (Wildman–Crippen MR) is 111 cm³/mol. The number of fused-ring (bicyclic) bond motifs is 1. The number of hydrogen-bond acceptors (Lipinski definition) is 8. The van der Waals surface area contributed by atoms with Crippen molar-refractivity contribution in [3.63, 3.8) is 0 Å². The molecular weight excluding hydrogens is 459 g/mol. The maximum absolute atomic E-state index is 13.8. The van der Waals surface area contributed by atoms with E-state index >= 15 is 0 Å². The summed E-state index contributed by atoms with van der Waals surface area (Å²) >= 11 is 0. The lowest BCUT2D eigenvalue weighted by Crippen LogP contribution is -2.38. The highest BCUT2D eigenvalue weighted by Gasteiger charge is 2.38. The summed E-state index contributed by atoms with van der Waals surface area (Å²) in [4.78, 5) is 33.9. The maximum Gasteiger partial charge on any atom is 0.419 e. The van der Waals surface area contributed by atoms with Crippen LogP contribution in [0.4, 0.5) is 22.8 Å². The first-order chi connectivity index (χ1) is 16.0. The number of alkyl halides is 2. The second-order valence-electron chi connectivity index (χ2n) is 8.41. The number of ether oxygens (including phenoxy) is 3. The Hall–Kier alpha value is -3.90. The van der Waals surface area contributed by atoms with E-state index < -0.39 is 42.1 Å². The second-order valence-corrected chi connectivity index (χ2v) is 8.41. The van der Waals surface area contributed by atoms with Gasteiger partial charge in [0, 0.05) is 5.56 Å². The van der Waals surface area contributed by atoms with E-state index in [2.05, 4.69) is 19.8 Å². The number of hydrogen-bond donors (Lipinski definition) is 0. The monoisotopic (exact) mass is 479 g/mol. The van der Waals surface area contributed by atoms with Crippen molar-refractivity contribution in [2.24, 2.45) is 0 Å². The average molecular weight is 479 g/mol. The molecule has 13 heteroatoms. The van der Waals surface area contributed by atoms with Gasteiger partial charge in [-0.2, -0.15) is 13.9 Å². The second kappa shape index (κ2) is 8.80. The number of benzene rings is 1. The number of halogens is 3.